The largest absolute Gasteiger partial charge is 0.351 e. The number of benzene rings is 1. The quantitative estimate of drug-likeness (QED) is 0.642. The number of likely N-dealkylation sites (tertiary alicyclic amines) is 1. The molecule has 1 amide bonds. The van der Waals surface area contributed by atoms with Crippen molar-refractivity contribution in [2.75, 3.05) is 45.8 Å². The fourth-order valence-electron chi connectivity index (χ4n) is 4.45. The third-order valence-corrected chi connectivity index (χ3v) is 6.50. The van der Waals surface area contributed by atoms with Crippen molar-refractivity contribution in [1.82, 2.24) is 20.4 Å². The van der Waals surface area contributed by atoms with Crippen LogP contribution in [-0.2, 0) is 0 Å². The summed E-state index contributed by atoms with van der Waals surface area (Å²) in [5.41, 5.74) is 2.40. The molecule has 0 saturated carbocycles. The number of rotatable bonds is 8. The first-order valence-electron chi connectivity index (χ1n) is 11.5. The number of amides is 1. The van der Waals surface area contributed by atoms with Crippen molar-refractivity contribution in [3.8, 4) is 0 Å². The van der Waals surface area contributed by atoms with Crippen LogP contribution in [0, 0.1) is 12.8 Å². The number of alkyl halides is 2. The SMILES string of the molecule is C=C(C)N(C=c1c(C)c(C(=O)NCCN2CCC(F)(F)C2)ccc1=C)CC1CCNCC1. The summed E-state index contributed by atoms with van der Waals surface area (Å²) in [5.74, 6) is -2.20. The molecule has 2 N–H and O–H groups in total. The second-order valence-corrected chi connectivity index (χ2v) is 9.16. The molecule has 0 radical (unpaired) electrons. The van der Waals surface area contributed by atoms with E-state index in [1.807, 2.05) is 19.9 Å². The molecule has 0 atom stereocenters. The highest BCUT2D eigenvalue weighted by molar-refractivity contribution is 5.95. The van der Waals surface area contributed by atoms with Crippen molar-refractivity contribution in [3.63, 3.8) is 0 Å². The zero-order valence-corrected chi connectivity index (χ0v) is 19.4. The normalized spacial score (nSPS) is 19.8. The Hall–Kier alpha value is -2.25. The Bertz CT molecular complexity index is 940. The molecule has 0 unspecified atom stereocenters. The first kappa shape index (κ1) is 24.4. The van der Waals surface area contributed by atoms with Gasteiger partial charge in [-0.15, -0.1) is 0 Å². The zero-order valence-electron chi connectivity index (χ0n) is 19.4. The maximum absolute atomic E-state index is 13.3. The van der Waals surface area contributed by atoms with Crippen LogP contribution < -0.4 is 21.1 Å². The van der Waals surface area contributed by atoms with Gasteiger partial charge in [-0.2, -0.15) is 0 Å². The fraction of sp³-hybridized carbons (Fsp3) is 0.560. The lowest BCUT2D eigenvalue weighted by Gasteiger charge is -2.29. The molecule has 2 aliphatic rings. The van der Waals surface area contributed by atoms with E-state index in [2.05, 4.69) is 34.9 Å². The Balaban J connectivity index is 1.71. The molecule has 32 heavy (non-hydrogen) atoms. The Morgan fingerprint density at radius 1 is 1.38 bits per heavy atom. The predicted molar refractivity (Wildman–Crippen MR) is 126 cm³/mol. The van der Waals surface area contributed by atoms with E-state index in [1.165, 1.54) is 0 Å². The van der Waals surface area contributed by atoms with Crippen LogP contribution in [0.5, 0.6) is 0 Å². The minimum atomic E-state index is -2.61. The van der Waals surface area contributed by atoms with Crippen LogP contribution in [-0.4, -0.2) is 67.4 Å². The monoisotopic (exact) mass is 446 g/mol. The summed E-state index contributed by atoms with van der Waals surface area (Å²) >= 11 is 0. The maximum Gasteiger partial charge on any atom is 0.261 e. The molecule has 0 spiro atoms. The van der Waals surface area contributed by atoms with Gasteiger partial charge in [0.05, 0.1) is 6.54 Å². The Kier molecular flexibility index (Phi) is 8.06. The van der Waals surface area contributed by atoms with Crippen molar-refractivity contribution in [1.29, 1.82) is 0 Å². The number of hydrogen-bond donors (Lipinski definition) is 2. The molecule has 2 aliphatic heterocycles. The molecule has 0 aromatic heterocycles. The topological polar surface area (TPSA) is 47.6 Å². The van der Waals surface area contributed by atoms with Gasteiger partial charge in [0.2, 0.25) is 0 Å². The minimum absolute atomic E-state index is 0.110. The van der Waals surface area contributed by atoms with Gasteiger partial charge in [-0.3, -0.25) is 9.69 Å². The number of allylic oxidation sites excluding steroid dienone is 1. The molecule has 2 saturated heterocycles. The average Bonchev–Trinajstić information content (AvgIpc) is 3.09. The molecule has 1 aromatic rings. The first-order valence-corrected chi connectivity index (χ1v) is 11.5. The lowest BCUT2D eigenvalue weighted by atomic mass is 9.97. The number of nitrogens with zero attached hydrogens (tertiary/aromatic N) is 2. The molecule has 0 bridgehead atoms. The van der Waals surface area contributed by atoms with Crippen molar-refractivity contribution in [2.24, 2.45) is 5.92 Å². The van der Waals surface area contributed by atoms with Crippen LogP contribution in [0.25, 0.3) is 12.8 Å². The smallest absolute Gasteiger partial charge is 0.261 e. The molecule has 1 aromatic carbocycles. The molecule has 0 aliphatic carbocycles. The number of nitrogens with one attached hydrogen (secondary N) is 2. The van der Waals surface area contributed by atoms with E-state index in [1.54, 1.807) is 11.0 Å². The highest BCUT2D eigenvalue weighted by Gasteiger charge is 2.37. The first-order chi connectivity index (χ1) is 15.2. The van der Waals surface area contributed by atoms with Crippen LogP contribution >= 0.6 is 0 Å². The fourth-order valence-corrected chi connectivity index (χ4v) is 4.45. The van der Waals surface area contributed by atoms with Gasteiger partial charge < -0.3 is 15.5 Å². The van der Waals surface area contributed by atoms with Crippen LogP contribution in [0.1, 0.15) is 42.1 Å². The van der Waals surface area contributed by atoms with E-state index in [-0.39, 0.29) is 18.9 Å². The average molecular weight is 447 g/mol. The van der Waals surface area contributed by atoms with Crippen LogP contribution in [0.4, 0.5) is 8.78 Å². The summed E-state index contributed by atoms with van der Waals surface area (Å²) in [7, 11) is 0. The zero-order chi connectivity index (χ0) is 23.3. The van der Waals surface area contributed by atoms with E-state index in [0.29, 0.717) is 31.1 Å². The van der Waals surface area contributed by atoms with Gasteiger partial charge in [-0.25, -0.2) is 8.78 Å². The van der Waals surface area contributed by atoms with Gasteiger partial charge in [-0.1, -0.05) is 19.2 Å². The van der Waals surface area contributed by atoms with Gasteiger partial charge in [-0.05, 0) is 62.5 Å². The molecule has 5 nitrogen and oxygen atoms in total. The van der Waals surface area contributed by atoms with Gasteiger partial charge >= 0.3 is 0 Å². The third kappa shape index (κ3) is 6.39. The summed E-state index contributed by atoms with van der Waals surface area (Å²) in [6, 6.07) is 3.64. The molecule has 2 fully saturated rings. The number of piperidine rings is 1. The summed E-state index contributed by atoms with van der Waals surface area (Å²) < 4.78 is 26.7. The number of halogens is 2. The number of hydrogen-bond acceptors (Lipinski definition) is 4. The van der Waals surface area contributed by atoms with Crippen molar-refractivity contribution in [3.05, 3.63) is 46.0 Å². The van der Waals surface area contributed by atoms with E-state index >= 15 is 0 Å². The molecular formula is C25H36F2N4O. The van der Waals surface area contributed by atoms with Crippen molar-refractivity contribution < 1.29 is 13.6 Å². The van der Waals surface area contributed by atoms with E-state index in [9.17, 15) is 13.6 Å². The Morgan fingerprint density at radius 3 is 2.72 bits per heavy atom. The predicted octanol–water partition coefficient (Wildman–Crippen LogP) is 2.05. The highest BCUT2D eigenvalue weighted by atomic mass is 19.3. The minimum Gasteiger partial charge on any atom is -0.351 e. The standard InChI is InChI=1S/C25H36F2N4O/c1-18(2)31(15-21-7-10-28-11-8-21)16-23-19(3)5-6-22(20(23)4)24(32)29-12-14-30-13-9-25(26,27)17-30/h5-6,16,21,28H,1,3,7-15,17H2,2,4H3,(H,29,32). The van der Waals surface area contributed by atoms with Crippen molar-refractivity contribution in [2.45, 2.75) is 39.0 Å². The summed E-state index contributed by atoms with van der Waals surface area (Å²) in [6.45, 7) is 16.1. The molecule has 3 rings (SSSR count). The highest BCUT2D eigenvalue weighted by Crippen LogP contribution is 2.26. The lowest BCUT2D eigenvalue weighted by molar-refractivity contribution is 0.0124. The van der Waals surface area contributed by atoms with Gasteiger partial charge in [0.15, 0.2) is 0 Å². The van der Waals surface area contributed by atoms with Gasteiger partial charge in [0, 0.05) is 55.3 Å². The molecule has 2 heterocycles. The third-order valence-electron chi connectivity index (χ3n) is 6.50. The van der Waals surface area contributed by atoms with E-state index < -0.39 is 5.92 Å². The number of carbonyl (C=O) groups is 1. The van der Waals surface area contributed by atoms with E-state index in [4.69, 9.17) is 0 Å². The van der Waals surface area contributed by atoms with Crippen molar-refractivity contribution >= 4 is 18.7 Å². The second-order valence-electron chi connectivity index (χ2n) is 9.16. The van der Waals surface area contributed by atoms with Crippen LogP contribution in [0.15, 0.2) is 24.4 Å². The van der Waals surface area contributed by atoms with Crippen LogP contribution in [0.3, 0.4) is 0 Å². The Morgan fingerprint density at radius 2 is 2.09 bits per heavy atom. The molecular weight excluding hydrogens is 410 g/mol. The Labute approximate surface area is 189 Å². The maximum atomic E-state index is 13.3. The lowest BCUT2D eigenvalue weighted by Crippen LogP contribution is -2.38. The summed E-state index contributed by atoms with van der Waals surface area (Å²) in [6.07, 6.45) is 4.23. The number of carbonyl (C=O) groups excluding carboxylic acids is 1. The molecule has 7 heteroatoms. The van der Waals surface area contributed by atoms with Gasteiger partial charge in [0.25, 0.3) is 11.8 Å². The second kappa shape index (κ2) is 10.6. The summed E-state index contributed by atoms with van der Waals surface area (Å²) in [4.78, 5) is 16.7. The van der Waals surface area contributed by atoms with E-state index in [0.717, 1.165) is 54.2 Å². The van der Waals surface area contributed by atoms with Gasteiger partial charge in [0.1, 0.15) is 0 Å². The van der Waals surface area contributed by atoms with Crippen LogP contribution in [0.2, 0.25) is 0 Å². The summed E-state index contributed by atoms with van der Waals surface area (Å²) in [5, 5.41) is 8.06. The molecule has 176 valence electrons.